The van der Waals surface area contributed by atoms with Crippen LogP contribution in [0.4, 0.5) is 5.00 Å². The van der Waals surface area contributed by atoms with Gasteiger partial charge in [-0.15, -0.1) is 11.3 Å². The molecule has 1 aliphatic carbocycles. The number of benzene rings is 1. The lowest BCUT2D eigenvalue weighted by atomic mass is 9.95. The fourth-order valence-corrected chi connectivity index (χ4v) is 5.00. The van der Waals surface area contributed by atoms with Gasteiger partial charge in [0.1, 0.15) is 5.00 Å². The third-order valence-corrected chi connectivity index (χ3v) is 6.27. The molecule has 0 saturated heterocycles. The smallest absolute Gasteiger partial charge is 0.292 e. The van der Waals surface area contributed by atoms with Crippen molar-refractivity contribution >= 4 is 50.7 Å². The van der Waals surface area contributed by atoms with E-state index in [0.717, 1.165) is 41.5 Å². The number of nitrogens with two attached hydrogens (primary N) is 1. The van der Waals surface area contributed by atoms with Crippen LogP contribution in [0.15, 0.2) is 22.6 Å². The normalized spacial score (nSPS) is 13.6. The first kappa shape index (κ1) is 17.1. The van der Waals surface area contributed by atoms with E-state index in [2.05, 4.69) is 5.32 Å². The van der Waals surface area contributed by atoms with Crippen molar-refractivity contribution in [2.75, 3.05) is 5.32 Å². The van der Waals surface area contributed by atoms with E-state index in [1.807, 2.05) is 19.1 Å². The second kappa shape index (κ2) is 6.45. The summed E-state index contributed by atoms with van der Waals surface area (Å²) in [6, 6.07) is 5.38. The first-order valence-electron chi connectivity index (χ1n) is 8.40. The quantitative estimate of drug-likeness (QED) is 0.682. The molecule has 3 aromatic rings. The van der Waals surface area contributed by atoms with Crippen LogP contribution in [0.1, 0.15) is 49.8 Å². The Morgan fingerprint density at radius 1 is 1.27 bits per heavy atom. The molecule has 0 fully saturated rings. The molecule has 0 radical (unpaired) electrons. The van der Waals surface area contributed by atoms with Crippen molar-refractivity contribution in [3.05, 3.63) is 50.5 Å². The first-order valence-corrected chi connectivity index (χ1v) is 9.60. The van der Waals surface area contributed by atoms with Crippen LogP contribution in [0.2, 0.25) is 5.02 Å². The lowest BCUT2D eigenvalue weighted by molar-refractivity contribution is 0.0998. The zero-order valence-corrected chi connectivity index (χ0v) is 15.7. The summed E-state index contributed by atoms with van der Waals surface area (Å²) in [5, 5.41) is 4.58. The molecule has 0 unspecified atom stereocenters. The molecule has 1 aliphatic rings. The number of para-hydroxylation sites is 1. The third-order valence-electron chi connectivity index (χ3n) is 4.77. The van der Waals surface area contributed by atoms with E-state index in [0.29, 0.717) is 26.7 Å². The molecule has 2 aromatic heterocycles. The van der Waals surface area contributed by atoms with E-state index in [1.54, 1.807) is 6.07 Å². The van der Waals surface area contributed by atoms with Crippen molar-refractivity contribution in [2.24, 2.45) is 5.73 Å². The Morgan fingerprint density at radius 3 is 2.77 bits per heavy atom. The molecule has 0 aliphatic heterocycles. The van der Waals surface area contributed by atoms with Crippen LogP contribution >= 0.6 is 22.9 Å². The third kappa shape index (κ3) is 2.70. The number of thiophene rings is 1. The molecule has 0 spiro atoms. The van der Waals surface area contributed by atoms with Gasteiger partial charge in [-0.2, -0.15) is 0 Å². The number of hydrogen-bond donors (Lipinski definition) is 2. The summed E-state index contributed by atoms with van der Waals surface area (Å²) < 4.78 is 5.71. The molecular formula is C19H17ClN2O3S. The number of fused-ring (bicyclic) bond motifs is 2. The maximum absolute atomic E-state index is 12.8. The van der Waals surface area contributed by atoms with Crippen molar-refractivity contribution < 1.29 is 14.0 Å². The number of primary amides is 1. The SMILES string of the molecule is Cc1c(C(=O)Nc2sc3c(c2C(N)=O)CCCC3)oc2c(Cl)cccc12. The zero-order chi connectivity index (χ0) is 18.4. The van der Waals surface area contributed by atoms with Crippen molar-refractivity contribution in [1.29, 1.82) is 0 Å². The van der Waals surface area contributed by atoms with Gasteiger partial charge >= 0.3 is 0 Å². The van der Waals surface area contributed by atoms with E-state index >= 15 is 0 Å². The minimum Gasteiger partial charge on any atom is -0.449 e. The fraction of sp³-hybridized carbons (Fsp3) is 0.263. The second-order valence-corrected chi connectivity index (χ2v) is 7.92. The standard InChI is InChI=1S/C19H17ClN2O3S/c1-9-10-6-4-7-12(20)16(10)25-15(9)18(24)22-19-14(17(21)23)11-5-2-3-8-13(11)26-19/h4,6-7H,2-3,5,8H2,1H3,(H2,21,23)(H,22,24). The number of aryl methyl sites for hydroxylation is 2. The number of carbonyl (C=O) groups is 2. The molecule has 0 atom stereocenters. The molecule has 7 heteroatoms. The van der Waals surface area contributed by atoms with Crippen LogP contribution in [0.5, 0.6) is 0 Å². The largest absolute Gasteiger partial charge is 0.449 e. The van der Waals surface area contributed by atoms with E-state index in [-0.39, 0.29) is 5.76 Å². The minimum absolute atomic E-state index is 0.190. The highest BCUT2D eigenvalue weighted by atomic mass is 35.5. The Kier molecular flexibility index (Phi) is 4.25. The minimum atomic E-state index is -0.510. The van der Waals surface area contributed by atoms with Gasteiger partial charge in [-0.05, 0) is 44.2 Å². The van der Waals surface area contributed by atoms with Gasteiger partial charge < -0.3 is 15.5 Å². The van der Waals surface area contributed by atoms with Crippen LogP contribution in [0.25, 0.3) is 11.0 Å². The predicted molar refractivity (Wildman–Crippen MR) is 103 cm³/mol. The highest BCUT2D eigenvalue weighted by Crippen LogP contribution is 2.38. The molecule has 2 heterocycles. The average molecular weight is 389 g/mol. The van der Waals surface area contributed by atoms with Crippen LogP contribution in [-0.2, 0) is 12.8 Å². The van der Waals surface area contributed by atoms with Gasteiger partial charge in [0.25, 0.3) is 11.8 Å². The van der Waals surface area contributed by atoms with Crippen molar-refractivity contribution in [3.63, 3.8) is 0 Å². The Bertz CT molecular complexity index is 1050. The average Bonchev–Trinajstić information content (AvgIpc) is 3.14. The highest BCUT2D eigenvalue weighted by Gasteiger charge is 2.27. The summed E-state index contributed by atoms with van der Waals surface area (Å²) in [6.07, 6.45) is 3.84. The van der Waals surface area contributed by atoms with Crippen LogP contribution in [0, 0.1) is 6.92 Å². The fourth-order valence-electron chi connectivity index (χ4n) is 3.50. The van der Waals surface area contributed by atoms with Crippen molar-refractivity contribution in [1.82, 2.24) is 0 Å². The maximum atomic E-state index is 12.8. The summed E-state index contributed by atoms with van der Waals surface area (Å²) >= 11 is 7.59. The number of hydrogen-bond acceptors (Lipinski definition) is 4. The van der Waals surface area contributed by atoms with Gasteiger partial charge in [-0.3, -0.25) is 9.59 Å². The number of amides is 2. The van der Waals surface area contributed by atoms with E-state index in [4.69, 9.17) is 21.8 Å². The van der Waals surface area contributed by atoms with Gasteiger partial charge in [0.05, 0.1) is 10.6 Å². The Hall–Kier alpha value is -2.31. The van der Waals surface area contributed by atoms with Gasteiger partial charge in [-0.25, -0.2) is 0 Å². The van der Waals surface area contributed by atoms with E-state index in [1.165, 1.54) is 11.3 Å². The molecule has 134 valence electrons. The molecule has 2 amide bonds. The molecule has 4 rings (SSSR count). The number of rotatable bonds is 3. The summed E-state index contributed by atoms with van der Waals surface area (Å²) in [7, 11) is 0. The Labute approximate surface area is 159 Å². The number of anilines is 1. The summed E-state index contributed by atoms with van der Waals surface area (Å²) in [5.74, 6) is -0.727. The Morgan fingerprint density at radius 2 is 2.04 bits per heavy atom. The molecular weight excluding hydrogens is 372 g/mol. The topological polar surface area (TPSA) is 85.3 Å². The lowest BCUT2D eigenvalue weighted by Crippen LogP contribution is -2.18. The molecule has 0 saturated carbocycles. The van der Waals surface area contributed by atoms with Gasteiger partial charge in [0.2, 0.25) is 0 Å². The Balaban J connectivity index is 1.73. The monoisotopic (exact) mass is 388 g/mol. The van der Waals surface area contributed by atoms with E-state index < -0.39 is 11.8 Å². The van der Waals surface area contributed by atoms with Gasteiger partial charge in [0.15, 0.2) is 11.3 Å². The van der Waals surface area contributed by atoms with E-state index in [9.17, 15) is 9.59 Å². The second-order valence-electron chi connectivity index (χ2n) is 6.41. The lowest BCUT2D eigenvalue weighted by Gasteiger charge is -2.11. The maximum Gasteiger partial charge on any atom is 0.292 e. The van der Waals surface area contributed by atoms with Gasteiger partial charge in [0, 0.05) is 15.8 Å². The van der Waals surface area contributed by atoms with Gasteiger partial charge in [-0.1, -0.05) is 23.7 Å². The molecule has 0 bridgehead atoms. The van der Waals surface area contributed by atoms with Crippen molar-refractivity contribution in [2.45, 2.75) is 32.6 Å². The van der Waals surface area contributed by atoms with Crippen LogP contribution < -0.4 is 11.1 Å². The molecule has 26 heavy (non-hydrogen) atoms. The zero-order valence-electron chi connectivity index (χ0n) is 14.1. The van der Waals surface area contributed by atoms with Crippen LogP contribution in [-0.4, -0.2) is 11.8 Å². The molecule has 1 aromatic carbocycles. The number of halogens is 1. The summed E-state index contributed by atoms with van der Waals surface area (Å²) in [6.45, 7) is 1.81. The first-order chi connectivity index (χ1) is 12.5. The molecule has 3 N–H and O–H groups in total. The predicted octanol–water partition coefficient (Wildman–Crippen LogP) is 4.69. The summed E-state index contributed by atoms with van der Waals surface area (Å²) in [4.78, 5) is 25.9. The molecule has 5 nitrogen and oxygen atoms in total. The van der Waals surface area contributed by atoms with Crippen molar-refractivity contribution in [3.8, 4) is 0 Å². The number of nitrogens with one attached hydrogen (secondary N) is 1. The number of furan rings is 1. The highest BCUT2D eigenvalue weighted by molar-refractivity contribution is 7.17. The summed E-state index contributed by atoms with van der Waals surface area (Å²) in [5.41, 5.74) is 8.19. The van der Waals surface area contributed by atoms with Crippen LogP contribution in [0.3, 0.4) is 0 Å². The number of carbonyl (C=O) groups excluding carboxylic acids is 2.